The van der Waals surface area contributed by atoms with Gasteiger partial charge >= 0.3 is 5.97 Å². The van der Waals surface area contributed by atoms with E-state index < -0.39 is 12.6 Å². The summed E-state index contributed by atoms with van der Waals surface area (Å²) in [6.07, 6.45) is 0. The molecule has 0 radical (unpaired) electrons. The smallest absolute Gasteiger partial charge is 0.335 e. The van der Waals surface area contributed by atoms with Gasteiger partial charge in [-0.3, -0.25) is 0 Å². The number of carboxylic acids is 1. The summed E-state index contributed by atoms with van der Waals surface area (Å²) in [7, 11) is 0. The van der Waals surface area contributed by atoms with E-state index in [1.54, 1.807) is 12.1 Å². The lowest BCUT2D eigenvalue weighted by Crippen LogP contribution is -1.93. The Bertz CT molecular complexity index is 258. The summed E-state index contributed by atoms with van der Waals surface area (Å²) < 4.78 is 10.5. The van der Waals surface area contributed by atoms with Crippen LogP contribution in [-0.2, 0) is 4.79 Å². The van der Waals surface area contributed by atoms with Gasteiger partial charge in [-0.05, 0) is 12.1 Å². The fourth-order valence-corrected chi connectivity index (χ4v) is 0.711. The maximum atomic E-state index is 10.5. The van der Waals surface area contributed by atoms with Crippen molar-refractivity contribution in [1.29, 1.82) is 0 Å². The van der Waals surface area contributed by atoms with Gasteiger partial charge in [-0.2, -0.15) is 0 Å². The Kier molecular flexibility index (Phi) is 6.28. The van der Waals surface area contributed by atoms with Gasteiger partial charge in [-0.15, -0.1) is 0 Å². The molecule has 5 heteroatoms. The van der Waals surface area contributed by atoms with Gasteiger partial charge in [0.2, 0.25) is 0 Å². The minimum absolute atomic E-state index is 0.606. The molecule has 2 nitrogen and oxygen atoms in total. The van der Waals surface area contributed by atoms with Crippen LogP contribution in [0.15, 0.2) is 24.3 Å². The molecule has 0 saturated carbocycles. The molecule has 0 aromatic heterocycles. The van der Waals surface area contributed by atoms with E-state index >= 15 is 0 Å². The second kappa shape index (κ2) is 6.69. The zero-order valence-electron chi connectivity index (χ0n) is 6.51. The number of carbonyl (C=O) groups is 1. The summed E-state index contributed by atoms with van der Waals surface area (Å²) in [4.78, 5) is 8.99. The Morgan fingerprint density at radius 2 is 1.62 bits per heavy atom. The van der Waals surface area contributed by atoms with Crippen molar-refractivity contribution in [3.8, 4) is 0 Å². The largest absolute Gasteiger partial charge is 0.479 e. The summed E-state index contributed by atoms with van der Waals surface area (Å²) in [6, 6.07) is 7.19. The highest BCUT2D eigenvalue weighted by molar-refractivity contribution is 6.41. The summed E-state index contributed by atoms with van der Waals surface area (Å²) in [5, 5.41) is 8.56. The van der Waals surface area contributed by atoms with Gasteiger partial charge in [0.25, 0.3) is 0 Å². The van der Waals surface area contributed by atoms with Crippen LogP contribution in [0.2, 0.25) is 10.0 Å². The summed E-state index contributed by atoms with van der Waals surface area (Å²) in [5.41, 5.74) is 0. The number of rotatable bonds is 1. The molecule has 1 aromatic rings. The second-order valence-corrected chi connectivity index (χ2v) is 2.76. The number of hydrogen-bond donors (Lipinski definition) is 1. The number of halogens is 3. The van der Waals surface area contributed by atoms with E-state index in [1.165, 1.54) is 0 Å². The van der Waals surface area contributed by atoms with Crippen LogP contribution in [0.3, 0.4) is 0 Å². The number of benzene rings is 1. The fraction of sp³-hybridized carbons (Fsp3) is 0.125. The molecule has 72 valence electrons. The second-order valence-electron chi connectivity index (χ2n) is 1.94. The van der Waals surface area contributed by atoms with Crippen LogP contribution in [0.5, 0.6) is 0 Å². The van der Waals surface area contributed by atoms with E-state index in [4.69, 9.17) is 33.1 Å². The van der Waals surface area contributed by atoms with Crippen molar-refractivity contribution in [3.63, 3.8) is 0 Å². The summed E-state index contributed by atoms with van der Waals surface area (Å²) in [5.74, 6) is -1.41. The van der Waals surface area contributed by atoms with E-state index in [0.717, 1.165) is 0 Å². The standard InChI is InChI=1S/C6H4Cl2.C2H3FO2/c7-5-3-1-2-4-6(5)8;3-1-2(4)5/h1-4H;1H2,(H,4,5). The van der Waals surface area contributed by atoms with Gasteiger partial charge in [-0.25, -0.2) is 9.18 Å². The minimum Gasteiger partial charge on any atom is -0.479 e. The third kappa shape index (κ3) is 6.37. The molecule has 0 fully saturated rings. The topological polar surface area (TPSA) is 37.3 Å². The van der Waals surface area contributed by atoms with Crippen LogP contribution in [-0.4, -0.2) is 17.8 Å². The molecule has 0 amide bonds. The van der Waals surface area contributed by atoms with Crippen LogP contribution >= 0.6 is 23.2 Å². The Morgan fingerprint density at radius 1 is 1.31 bits per heavy atom. The first-order valence-electron chi connectivity index (χ1n) is 3.25. The van der Waals surface area contributed by atoms with E-state index in [-0.39, 0.29) is 0 Å². The first-order valence-corrected chi connectivity index (χ1v) is 4.01. The number of aliphatic carboxylic acids is 1. The first kappa shape index (κ1) is 12.2. The summed E-state index contributed by atoms with van der Waals surface area (Å²) >= 11 is 11.2. The predicted molar refractivity (Wildman–Crippen MR) is 50.1 cm³/mol. The molecule has 0 atom stereocenters. The number of alkyl halides is 1. The maximum absolute atomic E-state index is 10.5. The highest BCUT2D eigenvalue weighted by Crippen LogP contribution is 2.19. The van der Waals surface area contributed by atoms with Crippen LogP contribution in [0.4, 0.5) is 4.39 Å². The Labute approximate surface area is 84.9 Å². The van der Waals surface area contributed by atoms with Gasteiger partial charge in [-0.1, -0.05) is 35.3 Å². The number of carboxylic acid groups (broad SMARTS) is 1. The molecule has 1 rings (SSSR count). The Balaban J connectivity index is 0.000000252. The molecule has 0 saturated heterocycles. The SMILES string of the molecule is Clc1ccccc1Cl.O=C(O)CF. The molecule has 0 unspecified atom stereocenters. The van der Waals surface area contributed by atoms with Crippen LogP contribution in [0, 0.1) is 0 Å². The molecule has 0 aliphatic rings. The van der Waals surface area contributed by atoms with Gasteiger partial charge in [0, 0.05) is 0 Å². The third-order valence-corrected chi connectivity index (χ3v) is 1.69. The van der Waals surface area contributed by atoms with Gasteiger partial charge in [0.1, 0.15) is 0 Å². The van der Waals surface area contributed by atoms with Gasteiger partial charge in [0.05, 0.1) is 10.0 Å². The highest BCUT2D eigenvalue weighted by atomic mass is 35.5. The normalized spacial score (nSPS) is 8.54. The van der Waals surface area contributed by atoms with E-state index in [2.05, 4.69) is 0 Å². The van der Waals surface area contributed by atoms with Crippen molar-refractivity contribution >= 4 is 29.2 Å². The lowest BCUT2D eigenvalue weighted by Gasteiger charge is -1.88. The van der Waals surface area contributed by atoms with Crippen LogP contribution in [0.1, 0.15) is 0 Å². The molecule has 0 spiro atoms. The van der Waals surface area contributed by atoms with Crippen molar-refractivity contribution < 1.29 is 14.3 Å². The molecule has 0 aliphatic heterocycles. The summed E-state index contributed by atoms with van der Waals surface area (Å²) in [6.45, 7) is -1.28. The molecule has 0 heterocycles. The fourth-order valence-electron chi connectivity index (χ4n) is 0.439. The van der Waals surface area contributed by atoms with Crippen LogP contribution < -0.4 is 0 Å². The predicted octanol–water partition coefficient (Wildman–Crippen LogP) is 3.03. The van der Waals surface area contributed by atoms with Crippen molar-refractivity contribution in [2.24, 2.45) is 0 Å². The highest BCUT2D eigenvalue weighted by Gasteiger charge is 1.89. The third-order valence-electron chi connectivity index (χ3n) is 0.939. The molecular weight excluding hydrogens is 218 g/mol. The van der Waals surface area contributed by atoms with E-state index in [0.29, 0.717) is 10.0 Å². The van der Waals surface area contributed by atoms with Gasteiger partial charge < -0.3 is 5.11 Å². The monoisotopic (exact) mass is 224 g/mol. The number of hydrogen-bond acceptors (Lipinski definition) is 1. The zero-order valence-corrected chi connectivity index (χ0v) is 8.02. The van der Waals surface area contributed by atoms with Crippen molar-refractivity contribution in [2.75, 3.05) is 6.67 Å². The molecule has 0 aliphatic carbocycles. The van der Waals surface area contributed by atoms with Crippen molar-refractivity contribution in [3.05, 3.63) is 34.3 Å². The average Bonchev–Trinajstić information content (AvgIpc) is 2.11. The van der Waals surface area contributed by atoms with Crippen LogP contribution in [0.25, 0.3) is 0 Å². The Morgan fingerprint density at radius 3 is 1.77 bits per heavy atom. The molecule has 1 N–H and O–H groups in total. The Hall–Kier alpha value is -0.800. The van der Waals surface area contributed by atoms with Gasteiger partial charge in [0.15, 0.2) is 6.67 Å². The lowest BCUT2D eigenvalue weighted by atomic mass is 10.4. The van der Waals surface area contributed by atoms with Crippen molar-refractivity contribution in [1.82, 2.24) is 0 Å². The average molecular weight is 225 g/mol. The molecule has 0 bridgehead atoms. The quantitative estimate of drug-likeness (QED) is 0.797. The van der Waals surface area contributed by atoms with Crippen molar-refractivity contribution in [2.45, 2.75) is 0 Å². The molecule has 1 aromatic carbocycles. The zero-order chi connectivity index (χ0) is 10.3. The van der Waals surface area contributed by atoms with E-state index in [9.17, 15) is 4.39 Å². The van der Waals surface area contributed by atoms with E-state index in [1.807, 2.05) is 12.1 Å². The molecule has 13 heavy (non-hydrogen) atoms. The first-order chi connectivity index (χ1) is 6.07. The minimum atomic E-state index is -1.41. The maximum Gasteiger partial charge on any atom is 0.335 e. The molecular formula is C8H7Cl2FO2. The lowest BCUT2D eigenvalue weighted by molar-refractivity contribution is -0.137.